The lowest BCUT2D eigenvalue weighted by Crippen LogP contribution is -2.16. The van der Waals surface area contributed by atoms with Crippen LogP contribution in [0.4, 0.5) is 19.0 Å². The van der Waals surface area contributed by atoms with Crippen LogP contribution in [-0.2, 0) is 6.61 Å². The van der Waals surface area contributed by atoms with Gasteiger partial charge in [-0.2, -0.15) is 0 Å². The van der Waals surface area contributed by atoms with Gasteiger partial charge in [-0.3, -0.25) is 4.98 Å². The van der Waals surface area contributed by atoms with Gasteiger partial charge in [0.05, 0.1) is 18.1 Å². The van der Waals surface area contributed by atoms with Crippen LogP contribution >= 0.6 is 0 Å². The first-order chi connectivity index (χ1) is 9.96. The summed E-state index contributed by atoms with van der Waals surface area (Å²) in [6, 6.07) is 5.06. The Morgan fingerprint density at radius 2 is 1.71 bits per heavy atom. The van der Waals surface area contributed by atoms with Crippen LogP contribution in [0.1, 0.15) is 5.69 Å². The maximum atomic E-state index is 12.0. The van der Waals surface area contributed by atoms with E-state index in [9.17, 15) is 13.2 Å². The van der Waals surface area contributed by atoms with Gasteiger partial charge >= 0.3 is 6.36 Å². The molecule has 21 heavy (non-hydrogen) atoms. The molecule has 2 aromatic rings. The van der Waals surface area contributed by atoms with Crippen LogP contribution < -0.4 is 20.7 Å². The first-order valence-electron chi connectivity index (χ1n) is 5.72. The van der Waals surface area contributed by atoms with Crippen molar-refractivity contribution in [1.29, 1.82) is 0 Å². The molecule has 0 saturated carbocycles. The summed E-state index contributed by atoms with van der Waals surface area (Å²) in [5, 5.41) is 0. The van der Waals surface area contributed by atoms with Crippen LogP contribution in [0.5, 0.6) is 11.5 Å². The summed E-state index contributed by atoms with van der Waals surface area (Å²) in [5.41, 5.74) is 2.88. The number of alkyl halides is 3. The third kappa shape index (κ3) is 4.80. The molecule has 0 spiro atoms. The van der Waals surface area contributed by atoms with Crippen molar-refractivity contribution in [3.05, 3.63) is 42.4 Å². The molecule has 2 rings (SSSR count). The van der Waals surface area contributed by atoms with Gasteiger partial charge in [0.1, 0.15) is 18.1 Å². The van der Waals surface area contributed by atoms with Gasteiger partial charge in [-0.25, -0.2) is 10.8 Å². The zero-order valence-electron chi connectivity index (χ0n) is 10.6. The lowest BCUT2D eigenvalue weighted by atomic mass is 10.3. The number of hydrogen-bond acceptors (Lipinski definition) is 6. The highest BCUT2D eigenvalue weighted by Crippen LogP contribution is 2.24. The molecular weight excluding hydrogens is 289 g/mol. The Balaban J connectivity index is 1.91. The standard InChI is InChI=1S/C12H11F3N4O2/c13-12(14,15)21-10-3-1-9(2-4-10)20-7-8-5-18-11(19-16)6-17-8/h1-6H,7,16H2,(H,18,19). The number of anilines is 1. The molecule has 0 atom stereocenters. The highest BCUT2D eigenvalue weighted by Gasteiger charge is 2.30. The maximum Gasteiger partial charge on any atom is 0.573 e. The molecule has 0 saturated heterocycles. The monoisotopic (exact) mass is 300 g/mol. The average Bonchev–Trinajstić information content (AvgIpc) is 2.45. The second-order valence-corrected chi connectivity index (χ2v) is 3.85. The van der Waals surface area contributed by atoms with Crippen molar-refractivity contribution < 1.29 is 22.6 Å². The summed E-state index contributed by atoms with van der Waals surface area (Å²) in [4.78, 5) is 7.97. The SMILES string of the molecule is NNc1cnc(COc2ccc(OC(F)(F)F)cc2)cn1. The van der Waals surface area contributed by atoms with Crippen LogP contribution in [-0.4, -0.2) is 16.3 Å². The molecule has 0 aliphatic heterocycles. The van der Waals surface area contributed by atoms with Gasteiger partial charge in [0, 0.05) is 0 Å². The molecule has 9 heteroatoms. The van der Waals surface area contributed by atoms with E-state index in [4.69, 9.17) is 10.6 Å². The molecule has 112 valence electrons. The third-order valence-electron chi connectivity index (χ3n) is 2.30. The van der Waals surface area contributed by atoms with Gasteiger partial charge < -0.3 is 14.9 Å². The van der Waals surface area contributed by atoms with Gasteiger partial charge in [0.2, 0.25) is 0 Å². The number of hydrazine groups is 1. The van der Waals surface area contributed by atoms with E-state index in [2.05, 4.69) is 20.1 Å². The van der Waals surface area contributed by atoms with E-state index < -0.39 is 6.36 Å². The van der Waals surface area contributed by atoms with E-state index in [1.54, 1.807) is 0 Å². The number of nitrogen functional groups attached to an aromatic ring is 1. The summed E-state index contributed by atoms with van der Waals surface area (Å²) >= 11 is 0. The minimum absolute atomic E-state index is 0.122. The van der Waals surface area contributed by atoms with Crippen molar-refractivity contribution in [2.75, 3.05) is 5.43 Å². The van der Waals surface area contributed by atoms with Crippen LogP contribution in [0.3, 0.4) is 0 Å². The molecule has 0 unspecified atom stereocenters. The van der Waals surface area contributed by atoms with Crippen molar-refractivity contribution in [1.82, 2.24) is 9.97 Å². The Kier molecular flexibility index (Phi) is 4.43. The van der Waals surface area contributed by atoms with Gasteiger partial charge in [-0.15, -0.1) is 13.2 Å². The Morgan fingerprint density at radius 3 is 2.24 bits per heavy atom. The van der Waals surface area contributed by atoms with Crippen molar-refractivity contribution in [3.8, 4) is 11.5 Å². The van der Waals surface area contributed by atoms with E-state index >= 15 is 0 Å². The van der Waals surface area contributed by atoms with E-state index in [1.807, 2.05) is 0 Å². The summed E-state index contributed by atoms with van der Waals surface area (Å²) in [6.45, 7) is 0.122. The fourth-order valence-corrected chi connectivity index (χ4v) is 1.40. The minimum Gasteiger partial charge on any atom is -0.487 e. The summed E-state index contributed by atoms with van der Waals surface area (Å²) < 4.78 is 45.1. The van der Waals surface area contributed by atoms with Crippen molar-refractivity contribution in [2.24, 2.45) is 5.84 Å². The number of benzene rings is 1. The Morgan fingerprint density at radius 1 is 1.05 bits per heavy atom. The van der Waals surface area contributed by atoms with Crippen molar-refractivity contribution >= 4 is 5.82 Å². The third-order valence-corrected chi connectivity index (χ3v) is 2.30. The predicted octanol–water partition coefficient (Wildman–Crippen LogP) is 2.24. The van der Waals surface area contributed by atoms with Gasteiger partial charge in [0.25, 0.3) is 0 Å². The summed E-state index contributed by atoms with van der Waals surface area (Å²) in [6.07, 6.45) is -1.81. The molecule has 1 aromatic heterocycles. The van der Waals surface area contributed by atoms with Gasteiger partial charge in [-0.1, -0.05) is 0 Å². The number of halogens is 3. The molecule has 0 radical (unpaired) electrons. The first kappa shape index (κ1) is 14.9. The van der Waals surface area contributed by atoms with Crippen molar-refractivity contribution in [2.45, 2.75) is 13.0 Å². The van der Waals surface area contributed by atoms with Crippen LogP contribution in [0.25, 0.3) is 0 Å². The molecule has 1 aromatic carbocycles. The Bertz CT molecular complexity index is 573. The number of nitrogens with two attached hydrogens (primary N) is 1. The van der Waals surface area contributed by atoms with Crippen LogP contribution in [0.15, 0.2) is 36.7 Å². The van der Waals surface area contributed by atoms with Gasteiger partial charge in [-0.05, 0) is 24.3 Å². The lowest BCUT2D eigenvalue weighted by Gasteiger charge is -2.10. The van der Waals surface area contributed by atoms with E-state index in [1.165, 1.54) is 24.5 Å². The van der Waals surface area contributed by atoms with Gasteiger partial charge in [0.15, 0.2) is 5.82 Å². The topological polar surface area (TPSA) is 82.3 Å². The lowest BCUT2D eigenvalue weighted by molar-refractivity contribution is -0.274. The number of rotatable bonds is 5. The largest absolute Gasteiger partial charge is 0.573 e. The molecule has 3 N–H and O–H groups in total. The van der Waals surface area contributed by atoms with E-state index in [0.29, 0.717) is 17.3 Å². The van der Waals surface area contributed by atoms with E-state index in [-0.39, 0.29) is 12.4 Å². The fraction of sp³-hybridized carbons (Fsp3) is 0.167. The second kappa shape index (κ2) is 6.27. The molecule has 0 aliphatic rings. The molecule has 6 nitrogen and oxygen atoms in total. The minimum atomic E-state index is -4.71. The molecule has 0 aliphatic carbocycles. The number of ether oxygens (including phenoxy) is 2. The molecule has 0 amide bonds. The van der Waals surface area contributed by atoms with Crippen LogP contribution in [0.2, 0.25) is 0 Å². The van der Waals surface area contributed by atoms with E-state index in [0.717, 1.165) is 12.1 Å². The number of nitrogens with one attached hydrogen (secondary N) is 1. The molecular formula is C12H11F3N4O2. The quantitative estimate of drug-likeness (QED) is 0.651. The highest BCUT2D eigenvalue weighted by molar-refractivity contribution is 5.32. The van der Waals surface area contributed by atoms with Crippen LogP contribution in [0, 0.1) is 0 Å². The number of hydrogen-bond donors (Lipinski definition) is 2. The predicted molar refractivity (Wildman–Crippen MR) is 67.3 cm³/mol. The smallest absolute Gasteiger partial charge is 0.487 e. The highest BCUT2D eigenvalue weighted by atomic mass is 19.4. The zero-order valence-corrected chi connectivity index (χ0v) is 10.6. The average molecular weight is 300 g/mol. The first-order valence-corrected chi connectivity index (χ1v) is 5.72. The zero-order chi connectivity index (χ0) is 15.3. The normalized spacial score (nSPS) is 11.0. The number of aromatic nitrogens is 2. The second-order valence-electron chi connectivity index (χ2n) is 3.85. The summed E-state index contributed by atoms with van der Waals surface area (Å²) in [7, 11) is 0. The Labute approximate surface area is 117 Å². The molecule has 0 fully saturated rings. The van der Waals surface area contributed by atoms with Crippen molar-refractivity contribution in [3.63, 3.8) is 0 Å². The Hall–Kier alpha value is -2.55. The summed E-state index contributed by atoms with van der Waals surface area (Å²) in [5.74, 6) is 5.63. The molecule has 0 bridgehead atoms. The molecule has 1 heterocycles. The fourth-order valence-electron chi connectivity index (χ4n) is 1.40. The number of nitrogens with zero attached hydrogens (tertiary/aromatic N) is 2. The maximum absolute atomic E-state index is 12.0.